The van der Waals surface area contributed by atoms with E-state index in [0.29, 0.717) is 18.9 Å². The SMILES string of the molecule is CCOc1ccc(S(=O)(=O)N(CC(=O)NCc2ccncc2)Cc2ccccc2)cc1. The molecule has 3 rings (SSSR count). The van der Waals surface area contributed by atoms with E-state index in [2.05, 4.69) is 10.3 Å². The molecule has 0 aliphatic rings. The Morgan fingerprint density at radius 1 is 0.968 bits per heavy atom. The number of carbonyl (C=O) groups excluding carboxylic acids is 1. The summed E-state index contributed by atoms with van der Waals surface area (Å²) < 4.78 is 33.2. The van der Waals surface area contributed by atoms with Crippen molar-refractivity contribution in [1.29, 1.82) is 0 Å². The molecule has 0 aliphatic heterocycles. The predicted octanol–water partition coefficient (Wildman–Crippen LogP) is 2.99. The van der Waals surface area contributed by atoms with E-state index in [1.54, 1.807) is 36.7 Å². The molecule has 1 aromatic heterocycles. The van der Waals surface area contributed by atoms with Gasteiger partial charge < -0.3 is 10.1 Å². The Morgan fingerprint density at radius 2 is 1.65 bits per heavy atom. The summed E-state index contributed by atoms with van der Waals surface area (Å²) in [5.74, 6) is 0.202. The third-order valence-corrected chi connectivity index (χ3v) is 6.34. The minimum absolute atomic E-state index is 0.0824. The maximum atomic E-state index is 13.3. The van der Waals surface area contributed by atoms with E-state index in [1.807, 2.05) is 37.3 Å². The quantitative estimate of drug-likeness (QED) is 0.525. The first-order chi connectivity index (χ1) is 15.0. The summed E-state index contributed by atoms with van der Waals surface area (Å²) in [6.45, 7) is 2.43. The molecule has 1 heterocycles. The molecule has 0 radical (unpaired) electrons. The molecule has 162 valence electrons. The number of amides is 1. The van der Waals surface area contributed by atoms with E-state index in [0.717, 1.165) is 11.1 Å². The molecular weight excluding hydrogens is 414 g/mol. The van der Waals surface area contributed by atoms with E-state index in [-0.39, 0.29) is 23.9 Å². The van der Waals surface area contributed by atoms with Gasteiger partial charge in [0.1, 0.15) is 5.75 Å². The number of nitrogens with zero attached hydrogens (tertiary/aromatic N) is 2. The number of sulfonamides is 1. The molecule has 1 N–H and O–H groups in total. The molecule has 1 amide bonds. The van der Waals surface area contributed by atoms with Gasteiger partial charge in [-0.15, -0.1) is 0 Å². The Morgan fingerprint density at radius 3 is 2.29 bits per heavy atom. The molecule has 0 spiro atoms. The first-order valence-corrected chi connectivity index (χ1v) is 11.4. The number of rotatable bonds is 10. The highest BCUT2D eigenvalue weighted by atomic mass is 32.2. The second kappa shape index (κ2) is 10.7. The fourth-order valence-corrected chi connectivity index (χ4v) is 4.34. The van der Waals surface area contributed by atoms with E-state index in [4.69, 9.17) is 4.74 Å². The fraction of sp³-hybridized carbons (Fsp3) is 0.217. The number of ether oxygens (including phenoxy) is 1. The molecule has 0 saturated carbocycles. The zero-order valence-corrected chi connectivity index (χ0v) is 18.1. The molecule has 31 heavy (non-hydrogen) atoms. The molecule has 0 saturated heterocycles. The molecular formula is C23H25N3O4S. The lowest BCUT2D eigenvalue weighted by atomic mass is 10.2. The normalized spacial score (nSPS) is 11.3. The molecule has 2 aromatic carbocycles. The number of hydrogen-bond donors (Lipinski definition) is 1. The van der Waals surface area contributed by atoms with Crippen LogP contribution < -0.4 is 10.1 Å². The zero-order chi connectivity index (χ0) is 22.1. The lowest BCUT2D eigenvalue weighted by molar-refractivity contribution is -0.121. The van der Waals surface area contributed by atoms with Crippen LogP contribution in [0.3, 0.4) is 0 Å². The zero-order valence-electron chi connectivity index (χ0n) is 17.3. The fourth-order valence-electron chi connectivity index (χ4n) is 2.95. The molecule has 0 unspecified atom stereocenters. The van der Waals surface area contributed by atoms with E-state index in [1.165, 1.54) is 16.4 Å². The maximum Gasteiger partial charge on any atom is 0.243 e. The van der Waals surface area contributed by atoms with Gasteiger partial charge in [0.25, 0.3) is 0 Å². The lowest BCUT2D eigenvalue weighted by Crippen LogP contribution is -2.40. The maximum absolute atomic E-state index is 13.3. The van der Waals surface area contributed by atoms with Crippen molar-refractivity contribution in [3.63, 3.8) is 0 Å². The molecule has 0 fully saturated rings. The van der Waals surface area contributed by atoms with Gasteiger partial charge in [0.05, 0.1) is 18.0 Å². The monoisotopic (exact) mass is 439 g/mol. The largest absolute Gasteiger partial charge is 0.494 e. The third-order valence-electron chi connectivity index (χ3n) is 4.53. The summed E-state index contributed by atoms with van der Waals surface area (Å²) in [5.41, 5.74) is 1.67. The van der Waals surface area contributed by atoms with Crippen LogP contribution in [0, 0.1) is 0 Å². The molecule has 0 atom stereocenters. The van der Waals surface area contributed by atoms with Gasteiger partial charge in [0.2, 0.25) is 15.9 Å². The van der Waals surface area contributed by atoms with Crippen LogP contribution in [0.25, 0.3) is 0 Å². The topological polar surface area (TPSA) is 88.6 Å². The van der Waals surface area contributed by atoms with Crippen molar-refractivity contribution < 1.29 is 17.9 Å². The summed E-state index contributed by atoms with van der Waals surface area (Å²) in [5, 5.41) is 2.77. The molecule has 0 aliphatic carbocycles. The van der Waals surface area contributed by atoms with Crippen LogP contribution in [0.5, 0.6) is 5.75 Å². The lowest BCUT2D eigenvalue weighted by Gasteiger charge is -2.22. The minimum atomic E-state index is -3.90. The molecule has 8 heteroatoms. The summed E-state index contributed by atoms with van der Waals surface area (Å²) >= 11 is 0. The van der Waals surface area contributed by atoms with E-state index in [9.17, 15) is 13.2 Å². The van der Waals surface area contributed by atoms with Crippen molar-refractivity contribution in [3.05, 3.63) is 90.3 Å². The van der Waals surface area contributed by atoms with Gasteiger partial charge >= 0.3 is 0 Å². The number of benzene rings is 2. The summed E-state index contributed by atoms with van der Waals surface area (Å²) in [6, 6.07) is 19.0. The van der Waals surface area contributed by atoms with Crippen molar-refractivity contribution in [2.24, 2.45) is 0 Å². The van der Waals surface area contributed by atoms with Crippen LogP contribution >= 0.6 is 0 Å². The average Bonchev–Trinajstić information content (AvgIpc) is 2.79. The highest BCUT2D eigenvalue weighted by molar-refractivity contribution is 7.89. The Hall–Kier alpha value is -3.23. The van der Waals surface area contributed by atoms with Crippen LogP contribution in [0.2, 0.25) is 0 Å². The Balaban J connectivity index is 1.78. The van der Waals surface area contributed by atoms with Gasteiger partial charge in [-0.25, -0.2) is 8.42 Å². The van der Waals surface area contributed by atoms with Crippen LogP contribution in [-0.2, 0) is 27.9 Å². The number of nitrogens with one attached hydrogen (secondary N) is 1. The highest BCUT2D eigenvalue weighted by Crippen LogP contribution is 2.21. The van der Waals surface area contributed by atoms with Crippen LogP contribution in [-0.4, -0.2) is 36.8 Å². The van der Waals surface area contributed by atoms with Crippen molar-refractivity contribution in [3.8, 4) is 5.75 Å². The number of pyridine rings is 1. The predicted molar refractivity (Wildman–Crippen MR) is 118 cm³/mol. The Bertz CT molecular complexity index is 1070. The Labute approximate surface area is 182 Å². The first-order valence-electron chi connectivity index (χ1n) is 9.91. The number of hydrogen-bond acceptors (Lipinski definition) is 5. The highest BCUT2D eigenvalue weighted by Gasteiger charge is 2.27. The van der Waals surface area contributed by atoms with Crippen molar-refractivity contribution in [2.45, 2.75) is 24.9 Å². The van der Waals surface area contributed by atoms with Crippen molar-refractivity contribution in [1.82, 2.24) is 14.6 Å². The smallest absolute Gasteiger partial charge is 0.243 e. The summed E-state index contributed by atoms with van der Waals surface area (Å²) in [4.78, 5) is 16.6. The number of carbonyl (C=O) groups is 1. The average molecular weight is 440 g/mol. The molecule has 7 nitrogen and oxygen atoms in total. The van der Waals surface area contributed by atoms with Crippen molar-refractivity contribution in [2.75, 3.05) is 13.2 Å². The van der Waals surface area contributed by atoms with Gasteiger partial charge in [-0.2, -0.15) is 4.31 Å². The van der Waals surface area contributed by atoms with Crippen LogP contribution in [0.1, 0.15) is 18.1 Å². The van der Waals surface area contributed by atoms with Crippen LogP contribution in [0.15, 0.2) is 84.0 Å². The first kappa shape index (κ1) is 22.5. The molecule has 3 aromatic rings. The summed E-state index contributed by atoms with van der Waals surface area (Å²) in [7, 11) is -3.90. The van der Waals surface area contributed by atoms with Crippen LogP contribution in [0.4, 0.5) is 0 Å². The standard InChI is InChI=1S/C23H25N3O4S/c1-2-30-21-8-10-22(11-9-21)31(28,29)26(17-20-6-4-3-5-7-20)18-23(27)25-16-19-12-14-24-15-13-19/h3-15H,2,16-18H2,1H3,(H,25,27). The second-order valence-electron chi connectivity index (χ2n) is 6.80. The van der Waals surface area contributed by atoms with Gasteiger partial charge in [0.15, 0.2) is 0 Å². The van der Waals surface area contributed by atoms with Gasteiger partial charge in [-0.1, -0.05) is 30.3 Å². The molecule has 0 bridgehead atoms. The van der Waals surface area contributed by atoms with Crippen molar-refractivity contribution >= 4 is 15.9 Å². The van der Waals surface area contributed by atoms with Gasteiger partial charge in [-0.3, -0.25) is 9.78 Å². The second-order valence-corrected chi connectivity index (χ2v) is 8.73. The van der Waals surface area contributed by atoms with E-state index < -0.39 is 10.0 Å². The summed E-state index contributed by atoms with van der Waals surface area (Å²) in [6.07, 6.45) is 3.28. The van der Waals surface area contributed by atoms with E-state index >= 15 is 0 Å². The Kier molecular flexibility index (Phi) is 7.75. The third kappa shape index (κ3) is 6.37. The minimum Gasteiger partial charge on any atom is -0.494 e. The van der Waals surface area contributed by atoms with Gasteiger partial charge in [0, 0.05) is 25.5 Å². The van der Waals surface area contributed by atoms with Gasteiger partial charge in [-0.05, 0) is 54.4 Å². The number of aromatic nitrogens is 1.